The predicted octanol–water partition coefficient (Wildman–Crippen LogP) is 1.36. The zero-order valence-electron chi connectivity index (χ0n) is 13.0. The number of pyridine rings is 1. The van der Waals surface area contributed by atoms with Crippen LogP contribution >= 0.6 is 0 Å². The second-order valence-electron chi connectivity index (χ2n) is 5.47. The standard InChI is InChI=1S/C16H19N3O4/c1-11-12(9-17)4-5-14(18-11)16(22)19(7-6-15(20)21)10-13-3-2-8-23-13/h4-5,13H,2-3,6-8,10H2,1H3,(H,20,21). The van der Waals surface area contributed by atoms with Crippen LogP contribution in [0.1, 0.15) is 41.0 Å². The number of carbonyl (C=O) groups is 2. The molecule has 122 valence electrons. The van der Waals surface area contributed by atoms with Crippen molar-refractivity contribution >= 4 is 11.9 Å². The molecule has 1 amide bonds. The molecule has 1 saturated heterocycles. The third-order valence-corrected chi connectivity index (χ3v) is 3.76. The fourth-order valence-electron chi connectivity index (χ4n) is 2.50. The van der Waals surface area contributed by atoms with Crippen LogP contribution in [0.4, 0.5) is 0 Å². The molecule has 1 N–H and O–H groups in total. The first-order valence-corrected chi connectivity index (χ1v) is 7.51. The molecule has 7 heteroatoms. The molecule has 0 bridgehead atoms. The summed E-state index contributed by atoms with van der Waals surface area (Å²) in [6.07, 6.45) is 1.61. The molecule has 1 unspecified atom stereocenters. The Balaban J connectivity index is 2.15. The fourth-order valence-corrected chi connectivity index (χ4v) is 2.50. The van der Waals surface area contributed by atoms with E-state index in [1.165, 1.54) is 11.0 Å². The fraction of sp³-hybridized carbons (Fsp3) is 0.500. The molecule has 2 rings (SSSR count). The van der Waals surface area contributed by atoms with Crippen molar-refractivity contribution in [3.63, 3.8) is 0 Å². The molecule has 1 fully saturated rings. The number of ether oxygens (including phenoxy) is 1. The van der Waals surface area contributed by atoms with Crippen LogP contribution in [0.2, 0.25) is 0 Å². The topological polar surface area (TPSA) is 104 Å². The van der Waals surface area contributed by atoms with Gasteiger partial charge < -0.3 is 14.7 Å². The van der Waals surface area contributed by atoms with E-state index < -0.39 is 5.97 Å². The summed E-state index contributed by atoms with van der Waals surface area (Å²) in [6, 6.07) is 5.05. The van der Waals surface area contributed by atoms with Crippen LogP contribution < -0.4 is 0 Å². The van der Waals surface area contributed by atoms with Gasteiger partial charge in [0, 0.05) is 19.7 Å². The highest BCUT2D eigenvalue weighted by Crippen LogP contribution is 2.15. The number of nitrogens with zero attached hydrogens (tertiary/aromatic N) is 3. The van der Waals surface area contributed by atoms with Gasteiger partial charge >= 0.3 is 5.97 Å². The number of carboxylic acids is 1. The number of carbonyl (C=O) groups excluding carboxylic acids is 1. The molecule has 0 aliphatic carbocycles. The summed E-state index contributed by atoms with van der Waals surface area (Å²) in [6.45, 7) is 2.79. The Morgan fingerprint density at radius 3 is 2.87 bits per heavy atom. The van der Waals surface area contributed by atoms with Crippen LogP contribution in [-0.4, -0.2) is 52.7 Å². The Hall–Kier alpha value is -2.46. The van der Waals surface area contributed by atoms with Crippen molar-refractivity contribution in [3.8, 4) is 6.07 Å². The van der Waals surface area contributed by atoms with Gasteiger partial charge in [0.15, 0.2) is 0 Å². The van der Waals surface area contributed by atoms with E-state index in [-0.39, 0.29) is 30.7 Å². The summed E-state index contributed by atoms with van der Waals surface area (Å²) in [5.41, 5.74) is 1.11. The van der Waals surface area contributed by atoms with Gasteiger partial charge in [-0.25, -0.2) is 4.98 Å². The third-order valence-electron chi connectivity index (χ3n) is 3.76. The average Bonchev–Trinajstić information content (AvgIpc) is 3.03. The number of aromatic nitrogens is 1. The predicted molar refractivity (Wildman–Crippen MR) is 80.8 cm³/mol. The van der Waals surface area contributed by atoms with Crippen LogP contribution in [0.5, 0.6) is 0 Å². The van der Waals surface area contributed by atoms with Crippen molar-refractivity contribution in [3.05, 3.63) is 29.1 Å². The van der Waals surface area contributed by atoms with Crippen LogP contribution in [0.3, 0.4) is 0 Å². The van der Waals surface area contributed by atoms with Crippen molar-refractivity contribution < 1.29 is 19.4 Å². The first-order valence-electron chi connectivity index (χ1n) is 7.51. The maximum atomic E-state index is 12.6. The van der Waals surface area contributed by atoms with E-state index in [1.807, 2.05) is 6.07 Å². The van der Waals surface area contributed by atoms with Gasteiger partial charge in [-0.2, -0.15) is 5.26 Å². The Kier molecular flexibility index (Phi) is 5.66. The van der Waals surface area contributed by atoms with E-state index >= 15 is 0 Å². The number of hydrogen-bond acceptors (Lipinski definition) is 5. The normalized spacial score (nSPS) is 16.8. The summed E-state index contributed by atoms with van der Waals surface area (Å²) >= 11 is 0. The molecule has 0 radical (unpaired) electrons. The van der Waals surface area contributed by atoms with Gasteiger partial charge in [0.2, 0.25) is 0 Å². The zero-order chi connectivity index (χ0) is 16.8. The minimum Gasteiger partial charge on any atom is -0.481 e. The number of rotatable bonds is 6. The lowest BCUT2D eigenvalue weighted by atomic mass is 10.1. The van der Waals surface area contributed by atoms with Crippen molar-refractivity contribution in [2.24, 2.45) is 0 Å². The Morgan fingerprint density at radius 1 is 1.52 bits per heavy atom. The highest BCUT2D eigenvalue weighted by atomic mass is 16.5. The summed E-state index contributed by atoms with van der Waals surface area (Å²) in [4.78, 5) is 29.1. The Bertz CT molecular complexity index is 633. The monoisotopic (exact) mass is 317 g/mol. The van der Waals surface area contributed by atoms with E-state index in [0.29, 0.717) is 24.4 Å². The molecule has 1 aromatic heterocycles. The molecule has 0 aromatic carbocycles. The van der Waals surface area contributed by atoms with E-state index in [4.69, 9.17) is 15.1 Å². The van der Waals surface area contributed by atoms with Crippen molar-refractivity contribution in [1.29, 1.82) is 5.26 Å². The lowest BCUT2D eigenvalue weighted by molar-refractivity contribution is -0.137. The average molecular weight is 317 g/mol. The van der Waals surface area contributed by atoms with E-state index in [0.717, 1.165) is 12.8 Å². The molecule has 23 heavy (non-hydrogen) atoms. The largest absolute Gasteiger partial charge is 0.481 e. The number of aryl methyl sites for hydroxylation is 1. The number of nitriles is 1. The number of hydrogen-bond donors (Lipinski definition) is 1. The quantitative estimate of drug-likeness (QED) is 0.849. The second-order valence-corrected chi connectivity index (χ2v) is 5.47. The van der Waals surface area contributed by atoms with Crippen LogP contribution in [0, 0.1) is 18.3 Å². The second kappa shape index (κ2) is 7.70. The summed E-state index contributed by atoms with van der Waals surface area (Å²) in [5.74, 6) is -1.30. The molecule has 1 aliphatic rings. The van der Waals surface area contributed by atoms with Crippen molar-refractivity contribution in [2.45, 2.75) is 32.3 Å². The molecular formula is C16H19N3O4. The number of amides is 1. The van der Waals surface area contributed by atoms with Crippen LogP contribution in [-0.2, 0) is 9.53 Å². The Morgan fingerprint density at radius 2 is 2.30 bits per heavy atom. The van der Waals surface area contributed by atoms with Gasteiger partial charge in [-0.15, -0.1) is 0 Å². The van der Waals surface area contributed by atoms with Crippen molar-refractivity contribution in [2.75, 3.05) is 19.7 Å². The van der Waals surface area contributed by atoms with Gasteiger partial charge in [0.1, 0.15) is 11.8 Å². The van der Waals surface area contributed by atoms with Crippen LogP contribution in [0.25, 0.3) is 0 Å². The van der Waals surface area contributed by atoms with Crippen molar-refractivity contribution in [1.82, 2.24) is 9.88 Å². The van der Waals surface area contributed by atoms with Gasteiger partial charge in [-0.3, -0.25) is 9.59 Å². The maximum absolute atomic E-state index is 12.6. The smallest absolute Gasteiger partial charge is 0.305 e. The van der Waals surface area contributed by atoms with Gasteiger partial charge in [-0.1, -0.05) is 0 Å². The van der Waals surface area contributed by atoms with Gasteiger partial charge in [0.05, 0.1) is 23.8 Å². The van der Waals surface area contributed by atoms with Gasteiger partial charge in [-0.05, 0) is 31.9 Å². The first kappa shape index (κ1) is 16.9. The number of carboxylic acid groups (broad SMARTS) is 1. The summed E-state index contributed by atoms with van der Waals surface area (Å²) < 4.78 is 5.53. The minimum atomic E-state index is -0.959. The molecule has 0 spiro atoms. The van der Waals surface area contributed by atoms with Crippen LogP contribution in [0.15, 0.2) is 12.1 Å². The molecule has 1 aliphatic heterocycles. The zero-order valence-corrected chi connectivity index (χ0v) is 13.0. The Labute approximate surface area is 134 Å². The van der Waals surface area contributed by atoms with E-state index in [1.54, 1.807) is 13.0 Å². The molecule has 2 heterocycles. The maximum Gasteiger partial charge on any atom is 0.305 e. The molecule has 7 nitrogen and oxygen atoms in total. The third kappa shape index (κ3) is 4.50. The minimum absolute atomic E-state index is 0.0628. The highest BCUT2D eigenvalue weighted by Gasteiger charge is 2.24. The highest BCUT2D eigenvalue weighted by molar-refractivity contribution is 5.92. The lowest BCUT2D eigenvalue weighted by Crippen LogP contribution is -2.39. The molecular weight excluding hydrogens is 298 g/mol. The molecule has 0 saturated carbocycles. The molecule has 1 atom stereocenters. The summed E-state index contributed by atoms with van der Waals surface area (Å²) in [5, 5.41) is 17.8. The van der Waals surface area contributed by atoms with Gasteiger partial charge in [0.25, 0.3) is 5.91 Å². The SMILES string of the molecule is Cc1nc(C(=O)N(CCC(=O)O)CC2CCCO2)ccc1C#N. The van der Waals surface area contributed by atoms with E-state index in [9.17, 15) is 9.59 Å². The first-order chi connectivity index (χ1) is 11.0. The molecule has 1 aromatic rings. The summed E-state index contributed by atoms with van der Waals surface area (Å²) in [7, 11) is 0. The lowest BCUT2D eigenvalue weighted by Gasteiger charge is -2.24. The number of aliphatic carboxylic acids is 1. The van der Waals surface area contributed by atoms with E-state index in [2.05, 4.69) is 4.98 Å².